The largest absolute Gasteiger partial charge is 0.322 e. The molecule has 0 aliphatic carbocycles. The molecule has 2 heterocycles. The second kappa shape index (κ2) is 4.03. The molecule has 1 atom stereocenters. The number of aromatic nitrogens is 5. The van der Waals surface area contributed by atoms with Crippen LogP contribution in [0.15, 0.2) is 23.2 Å². The topological polar surface area (TPSA) is 82.5 Å². The van der Waals surface area contributed by atoms with Gasteiger partial charge in [0.05, 0.1) is 6.04 Å². The molecule has 7 heteroatoms. The molecule has 0 aromatic carbocycles. The number of rotatable bonds is 2. The Balaban J connectivity index is 2.53. The Morgan fingerprint density at radius 2 is 2.07 bits per heavy atom. The lowest BCUT2D eigenvalue weighted by Crippen LogP contribution is -2.14. The van der Waals surface area contributed by atoms with Gasteiger partial charge in [-0.25, -0.2) is 15.0 Å². The second-order valence-corrected chi connectivity index (χ2v) is 3.70. The van der Waals surface area contributed by atoms with E-state index < -0.39 is 0 Å². The molecule has 6 nitrogen and oxygen atoms in total. The highest BCUT2D eigenvalue weighted by Crippen LogP contribution is 2.13. The summed E-state index contributed by atoms with van der Waals surface area (Å²) >= 11 is 3.19. The van der Waals surface area contributed by atoms with Crippen molar-refractivity contribution >= 4 is 15.9 Å². The van der Waals surface area contributed by atoms with E-state index in [0.717, 1.165) is 0 Å². The summed E-state index contributed by atoms with van der Waals surface area (Å²) in [6.07, 6.45) is 3.28. The fourth-order valence-electron chi connectivity index (χ4n) is 1.14. The molecular formula is C8H9BrN6. The van der Waals surface area contributed by atoms with Crippen LogP contribution in [0.2, 0.25) is 0 Å². The van der Waals surface area contributed by atoms with Crippen LogP contribution in [-0.2, 0) is 0 Å². The zero-order chi connectivity index (χ0) is 10.8. The van der Waals surface area contributed by atoms with Crippen molar-refractivity contribution in [3.63, 3.8) is 0 Å². The molecule has 0 unspecified atom stereocenters. The molecule has 0 saturated heterocycles. The van der Waals surface area contributed by atoms with Crippen molar-refractivity contribution in [2.45, 2.75) is 13.0 Å². The lowest BCUT2D eigenvalue weighted by Gasteiger charge is -2.05. The van der Waals surface area contributed by atoms with Crippen LogP contribution in [-0.4, -0.2) is 24.7 Å². The van der Waals surface area contributed by atoms with Crippen molar-refractivity contribution in [3.8, 4) is 5.95 Å². The zero-order valence-corrected chi connectivity index (χ0v) is 9.59. The first-order chi connectivity index (χ1) is 7.18. The molecule has 0 saturated carbocycles. The molecule has 2 aromatic rings. The third-order valence-corrected chi connectivity index (χ3v) is 2.09. The van der Waals surface area contributed by atoms with Crippen LogP contribution in [0.4, 0.5) is 0 Å². The van der Waals surface area contributed by atoms with Gasteiger partial charge in [0, 0.05) is 12.4 Å². The predicted molar refractivity (Wildman–Crippen MR) is 57.3 cm³/mol. The molecule has 0 amide bonds. The third-order valence-electron chi connectivity index (χ3n) is 1.76. The summed E-state index contributed by atoms with van der Waals surface area (Å²) in [5.41, 5.74) is 5.77. The first-order valence-corrected chi connectivity index (χ1v) is 5.13. The maximum absolute atomic E-state index is 5.77. The lowest BCUT2D eigenvalue weighted by atomic mass is 10.3. The highest BCUT2D eigenvalue weighted by Gasteiger charge is 2.14. The molecule has 15 heavy (non-hydrogen) atoms. The van der Waals surface area contributed by atoms with Gasteiger partial charge in [-0.3, -0.25) is 0 Å². The van der Waals surface area contributed by atoms with Gasteiger partial charge in [0.15, 0.2) is 5.82 Å². The highest BCUT2D eigenvalue weighted by atomic mass is 79.9. The van der Waals surface area contributed by atoms with E-state index in [4.69, 9.17) is 5.73 Å². The van der Waals surface area contributed by atoms with Crippen molar-refractivity contribution in [3.05, 3.63) is 29.0 Å². The number of halogens is 1. The molecule has 78 valence electrons. The van der Waals surface area contributed by atoms with Crippen molar-refractivity contribution in [2.24, 2.45) is 5.73 Å². The van der Waals surface area contributed by atoms with Gasteiger partial charge in [-0.1, -0.05) is 0 Å². The Hall–Kier alpha value is -1.34. The van der Waals surface area contributed by atoms with Crippen molar-refractivity contribution in [2.75, 3.05) is 0 Å². The molecular weight excluding hydrogens is 260 g/mol. The summed E-state index contributed by atoms with van der Waals surface area (Å²) in [5.74, 6) is 1.08. The van der Waals surface area contributed by atoms with Crippen LogP contribution in [0.3, 0.4) is 0 Å². The minimum Gasteiger partial charge on any atom is -0.322 e. The van der Waals surface area contributed by atoms with Gasteiger partial charge in [0.25, 0.3) is 5.95 Å². The number of nitrogens with two attached hydrogens (primary N) is 1. The molecule has 0 fully saturated rings. The van der Waals surface area contributed by atoms with E-state index in [1.807, 2.05) is 6.92 Å². The van der Waals surface area contributed by atoms with Gasteiger partial charge in [-0.05, 0) is 28.9 Å². The molecule has 2 N–H and O–H groups in total. The van der Waals surface area contributed by atoms with Crippen molar-refractivity contribution < 1.29 is 0 Å². The Morgan fingerprint density at radius 1 is 1.40 bits per heavy atom. The van der Waals surface area contributed by atoms with E-state index in [1.54, 1.807) is 18.5 Å². The molecule has 0 bridgehead atoms. The van der Waals surface area contributed by atoms with Crippen LogP contribution in [0, 0.1) is 0 Å². The van der Waals surface area contributed by atoms with E-state index in [-0.39, 0.29) is 6.04 Å². The quantitative estimate of drug-likeness (QED) is 0.873. The van der Waals surface area contributed by atoms with Gasteiger partial charge >= 0.3 is 0 Å². The SMILES string of the molecule is C[C@@H](N)c1nc(Br)nn1-c1ncccn1. The number of hydrogen-bond acceptors (Lipinski definition) is 5. The molecule has 0 spiro atoms. The summed E-state index contributed by atoms with van der Waals surface area (Å²) in [6.45, 7) is 1.83. The minimum absolute atomic E-state index is 0.229. The van der Waals surface area contributed by atoms with Crippen molar-refractivity contribution in [1.82, 2.24) is 24.7 Å². The molecule has 2 aromatic heterocycles. The van der Waals surface area contributed by atoms with Crippen LogP contribution in [0.5, 0.6) is 0 Å². The number of nitrogens with zero attached hydrogens (tertiary/aromatic N) is 5. The second-order valence-electron chi connectivity index (χ2n) is 2.99. The van der Waals surface area contributed by atoms with E-state index in [1.165, 1.54) is 4.68 Å². The Bertz CT molecular complexity index is 451. The highest BCUT2D eigenvalue weighted by molar-refractivity contribution is 9.10. The maximum atomic E-state index is 5.77. The van der Waals surface area contributed by atoms with Crippen LogP contribution < -0.4 is 5.73 Å². The van der Waals surface area contributed by atoms with Gasteiger partial charge in [-0.15, -0.1) is 5.10 Å². The summed E-state index contributed by atoms with van der Waals surface area (Å²) < 4.78 is 2.00. The van der Waals surface area contributed by atoms with E-state index in [2.05, 4.69) is 36.0 Å². The average molecular weight is 269 g/mol. The average Bonchev–Trinajstić information content (AvgIpc) is 2.62. The fraction of sp³-hybridized carbons (Fsp3) is 0.250. The van der Waals surface area contributed by atoms with Crippen LogP contribution in [0.1, 0.15) is 18.8 Å². The fourth-order valence-corrected chi connectivity index (χ4v) is 1.48. The Labute approximate surface area is 94.7 Å². The standard InChI is InChI=1S/C8H9BrN6/c1-5(10)6-13-7(9)14-15(6)8-11-3-2-4-12-8/h2-5H,10H2,1H3/t5-/m1/s1. The summed E-state index contributed by atoms with van der Waals surface area (Å²) in [6, 6.07) is 1.51. The summed E-state index contributed by atoms with van der Waals surface area (Å²) in [5, 5.41) is 4.12. The van der Waals surface area contributed by atoms with E-state index in [9.17, 15) is 0 Å². The van der Waals surface area contributed by atoms with E-state index >= 15 is 0 Å². The smallest absolute Gasteiger partial charge is 0.252 e. The predicted octanol–water partition coefficient (Wildman–Crippen LogP) is 0.840. The minimum atomic E-state index is -0.229. The van der Waals surface area contributed by atoms with Gasteiger partial charge in [0.2, 0.25) is 4.73 Å². The normalized spacial score (nSPS) is 12.7. The molecule has 2 rings (SSSR count). The van der Waals surface area contributed by atoms with Crippen LogP contribution >= 0.6 is 15.9 Å². The maximum Gasteiger partial charge on any atom is 0.252 e. The van der Waals surface area contributed by atoms with Gasteiger partial charge in [-0.2, -0.15) is 4.68 Å². The van der Waals surface area contributed by atoms with Gasteiger partial charge < -0.3 is 5.73 Å². The third kappa shape index (κ3) is 2.02. The Morgan fingerprint density at radius 3 is 2.67 bits per heavy atom. The summed E-state index contributed by atoms with van der Waals surface area (Å²) in [4.78, 5) is 12.3. The molecule has 0 aliphatic heterocycles. The first kappa shape index (κ1) is 10.2. The Kier molecular flexibility index (Phi) is 2.74. The first-order valence-electron chi connectivity index (χ1n) is 4.34. The molecule has 0 radical (unpaired) electrons. The van der Waals surface area contributed by atoms with Gasteiger partial charge in [0.1, 0.15) is 0 Å². The zero-order valence-electron chi connectivity index (χ0n) is 8.00. The number of hydrogen-bond donors (Lipinski definition) is 1. The van der Waals surface area contributed by atoms with Crippen LogP contribution in [0.25, 0.3) is 5.95 Å². The monoisotopic (exact) mass is 268 g/mol. The van der Waals surface area contributed by atoms with E-state index in [0.29, 0.717) is 16.5 Å². The lowest BCUT2D eigenvalue weighted by molar-refractivity contribution is 0.668. The molecule has 0 aliphatic rings. The van der Waals surface area contributed by atoms with Crippen molar-refractivity contribution in [1.29, 1.82) is 0 Å². The summed E-state index contributed by atoms with van der Waals surface area (Å²) in [7, 11) is 0.